The molecule has 3 aromatic rings. The number of halogens is 5. The zero-order chi connectivity index (χ0) is 23.6. The number of carbonyl (C=O) groups excluding carboxylic acids is 1. The molecule has 4 rings (SSSR count). The van der Waals surface area contributed by atoms with Crippen LogP contribution in [-0.2, 0) is 12.7 Å². The van der Waals surface area contributed by atoms with E-state index in [1.165, 1.54) is 18.2 Å². The molecule has 1 saturated carbocycles. The van der Waals surface area contributed by atoms with E-state index in [0.29, 0.717) is 16.6 Å². The van der Waals surface area contributed by atoms with Gasteiger partial charge in [0.05, 0.1) is 23.5 Å². The summed E-state index contributed by atoms with van der Waals surface area (Å²) >= 11 is 5.94. The predicted molar refractivity (Wildman–Crippen MR) is 115 cm³/mol. The molecule has 2 N–H and O–H groups in total. The summed E-state index contributed by atoms with van der Waals surface area (Å²) in [5.74, 6) is 5.49. The number of hydrogen-bond donors (Lipinski definition) is 2. The van der Waals surface area contributed by atoms with Gasteiger partial charge in [0.1, 0.15) is 5.82 Å². The van der Waals surface area contributed by atoms with Crippen LogP contribution in [0.1, 0.15) is 29.8 Å². The number of hydrogen-bond acceptors (Lipinski definition) is 2. The van der Waals surface area contributed by atoms with Crippen LogP contribution >= 0.6 is 11.6 Å². The van der Waals surface area contributed by atoms with Crippen LogP contribution in [0.15, 0.2) is 48.5 Å². The zero-order valence-corrected chi connectivity index (χ0v) is 17.8. The van der Waals surface area contributed by atoms with Crippen LogP contribution in [0.25, 0.3) is 5.69 Å². The van der Waals surface area contributed by atoms with Crippen LogP contribution in [0.5, 0.6) is 0 Å². The van der Waals surface area contributed by atoms with E-state index in [1.807, 2.05) is 0 Å². The van der Waals surface area contributed by atoms with E-state index >= 15 is 0 Å². The first-order chi connectivity index (χ1) is 15.7. The monoisotopic (exact) mass is 476 g/mol. The van der Waals surface area contributed by atoms with Gasteiger partial charge in [-0.1, -0.05) is 29.5 Å². The van der Waals surface area contributed by atoms with Crippen molar-refractivity contribution >= 4 is 23.3 Å². The summed E-state index contributed by atoms with van der Waals surface area (Å²) in [6.07, 6.45) is -2.62. The Kier molecular flexibility index (Phi) is 6.29. The van der Waals surface area contributed by atoms with Crippen LogP contribution in [0.3, 0.4) is 0 Å². The van der Waals surface area contributed by atoms with Crippen molar-refractivity contribution in [2.75, 3.05) is 5.32 Å². The van der Waals surface area contributed by atoms with Crippen molar-refractivity contribution in [3.63, 3.8) is 0 Å². The van der Waals surface area contributed by atoms with E-state index in [4.69, 9.17) is 11.6 Å². The molecule has 0 saturated heterocycles. The summed E-state index contributed by atoms with van der Waals surface area (Å²) in [5.41, 5.74) is -0.305. The van der Waals surface area contributed by atoms with Crippen LogP contribution in [0.2, 0.25) is 5.02 Å². The van der Waals surface area contributed by atoms with Crippen molar-refractivity contribution < 1.29 is 22.4 Å². The lowest BCUT2D eigenvalue weighted by molar-refractivity contribution is -0.141. The largest absolute Gasteiger partial charge is 0.435 e. The molecule has 2 amide bonds. The third kappa shape index (κ3) is 5.84. The van der Waals surface area contributed by atoms with Crippen molar-refractivity contribution in [2.24, 2.45) is 5.92 Å². The molecular weight excluding hydrogens is 460 g/mol. The zero-order valence-electron chi connectivity index (χ0n) is 17.0. The maximum absolute atomic E-state index is 14.2. The molecule has 0 radical (unpaired) electrons. The highest BCUT2D eigenvalue weighted by molar-refractivity contribution is 6.30. The van der Waals surface area contributed by atoms with E-state index < -0.39 is 23.7 Å². The van der Waals surface area contributed by atoms with Crippen LogP contribution in [0, 0.1) is 23.6 Å². The summed E-state index contributed by atoms with van der Waals surface area (Å²) in [6.45, 7) is -0.269. The van der Waals surface area contributed by atoms with Gasteiger partial charge in [-0.3, -0.25) is 0 Å². The molecule has 0 unspecified atom stereocenters. The van der Waals surface area contributed by atoms with Gasteiger partial charge in [0.15, 0.2) is 5.69 Å². The quantitative estimate of drug-likeness (QED) is 0.371. The highest BCUT2D eigenvalue weighted by Gasteiger charge is 2.35. The van der Waals surface area contributed by atoms with E-state index in [-0.39, 0.29) is 23.5 Å². The predicted octanol–water partition coefficient (Wildman–Crippen LogP) is 5.77. The first-order valence-electron chi connectivity index (χ1n) is 9.97. The first kappa shape index (κ1) is 22.7. The van der Waals surface area contributed by atoms with Crippen molar-refractivity contribution in [1.82, 2.24) is 15.1 Å². The van der Waals surface area contributed by atoms with E-state index in [0.717, 1.165) is 29.7 Å². The number of aromatic nitrogens is 2. The molecule has 5 nitrogen and oxygen atoms in total. The summed E-state index contributed by atoms with van der Waals surface area (Å²) in [5, 5.41) is 8.84. The Morgan fingerprint density at radius 2 is 1.97 bits per heavy atom. The maximum Gasteiger partial charge on any atom is 0.435 e. The number of urea groups is 1. The number of nitrogens with one attached hydrogen (secondary N) is 2. The summed E-state index contributed by atoms with van der Waals surface area (Å²) in [7, 11) is 0. The molecule has 170 valence electrons. The molecular formula is C23H17ClF4N4O. The second kappa shape index (κ2) is 9.16. The number of amides is 2. The average molecular weight is 477 g/mol. The highest BCUT2D eigenvalue weighted by Crippen LogP contribution is 2.30. The van der Waals surface area contributed by atoms with Gasteiger partial charge >= 0.3 is 12.2 Å². The molecule has 0 bridgehead atoms. The molecule has 0 aliphatic heterocycles. The van der Waals surface area contributed by atoms with Gasteiger partial charge in [-0.25, -0.2) is 13.9 Å². The Balaban J connectivity index is 1.46. The minimum Gasteiger partial charge on any atom is -0.332 e. The van der Waals surface area contributed by atoms with Gasteiger partial charge < -0.3 is 10.6 Å². The fourth-order valence-electron chi connectivity index (χ4n) is 2.96. The Morgan fingerprint density at radius 1 is 1.18 bits per heavy atom. The van der Waals surface area contributed by atoms with E-state index in [2.05, 4.69) is 27.6 Å². The second-order valence-corrected chi connectivity index (χ2v) is 7.89. The fourth-order valence-corrected chi connectivity index (χ4v) is 3.15. The molecule has 2 aromatic carbocycles. The van der Waals surface area contributed by atoms with Gasteiger partial charge in [0.25, 0.3) is 0 Å². The Morgan fingerprint density at radius 3 is 2.64 bits per heavy atom. The average Bonchev–Trinajstić information content (AvgIpc) is 3.47. The normalized spacial score (nSPS) is 13.2. The standard InChI is InChI=1S/C23H17ClF4N4O/c24-16-2-1-3-18(10-16)32-19(12-21(31-32)23(26,27)28)13-29-22(33)30-17-9-8-15(20(25)11-17)7-6-14-4-5-14/h1-3,8-12,14H,4-5,13H2,(H2,29,30,33). The number of nitrogens with zero attached hydrogens (tertiary/aromatic N) is 2. The molecule has 1 aliphatic carbocycles. The number of carbonyl (C=O) groups is 1. The number of alkyl halides is 3. The van der Waals surface area contributed by atoms with Gasteiger partial charge in [0, 0.05) is 16.6 Å². The molecule has 1 aliphatic rings. The van der Waals surface area contributed by atoms with Gasteiger partial charge in [-0.15, -0.1) is 0 Å². The minimum atomic E-state index is -4.66. The SMILES string of the molecule is O=C(NCc1cc(C(F)(F)F)nn1-c1cccc(Cl)c1)Nc1ccc(C#CC2CC2)c(F)c1. The Hall–Kier alpha value is -3.51. The van der Waals surface area contributed by atoms with Crippen molar-refractivity contribution in [2.45, 2.75) is 25.6 Å². The summed E-state index contributed by atoms with van der Waals surface area (Å²) in [6, 6.07) is 10.4. The molecule has 10 heteroatoms. The van der Waals surface area contributed by atoms with E-state index in [1.54, 1.807) is 18.2 Å². The lowest BCUT2D eigenvalue weighted by Gasteiger charge is -2.10. The third-order valence-electron chi connectivity index (χ3n) is 4.77. The number of rotatable bonds is 4. The lowest BCUT2D eigenvalue weighted by Crippen LogP contribution is -2.29. The van der Waals surface area contributed by atoms with Crippen molar-refractivity contribution in [3.8, 4) is 17.5 Å². The topological polar surface area (TPSA) is 59.0 Å². The first-order valence-corrected chi connectivity index (χ1v) is 10.3. The summed E-state index contributed by atoms with van der Waals surface area (Å²) < 4.78 is 54.8. The van der Waals surface area contributed by atoms with Crippen LogP contribution in [-0.4, -0.2) is 15.8 Å². The van der Waals surface area contributed by atoms with Crippen molar-refractivity contribution in [1.29, 1.82) is 0 Å². The number of benzene rings is 2. The molecule has 1 heterocycles. The minimum absolute atomic E-state index is 0.0802. The molecule has 1 aromatic heterocycles. The Labute approximate surface area is 191 Å². The van der Waals surface area contributed by atoms with Crippen molar-refractivity contribution in [3.05, 3.63) is 76.3 Å². The van der Waals surface area contributed by atoms with Gasteiger partial charge in [-0.05, 0) is 55.3 Å². The summed E-state index contributed by atoms with van der Waals surface area (Å²) in [4.78, 5) is 12.3. The molecule has 0 spiro atoms. The molecule has 0 atom stereocenters. The third-order valence-corrected chi connectivity index (χ3v) is 5.01. The van der Waals surface area contributed by atoms with Gasteiger partial charge in [-0.2, -0.15) is 18.3 Å². The fraction of sp³-hybridized carbons (Fsp3) is 0.217. The second-order valence-electron chi connectivity index (χ2n) is 7.46. The lowest BCUT2D eigenvalue weighted by atomic mass is 10.2. The maximum atomic E-state index is 14.2. The van der Waals surface area contributed by atoms with Gasteiger partial charge in [0.2, 0.25) is 0 Å². The number of anilines is 1. The smallest absolute Gasteiger partial charge is 0.332 e. The molecule has 33 heavy (non-hydrogen) atoms. The van der Waals surface area contributed by atoms with E-state index in [9.17, 15) is 22.4 Å². The highest BCUT2D eigenvalue weighted by atomic mass is 35.5. The van der Waals surface area contributed by atoms with Crippen LogP contribution in [0.4, 0.5) is 28.0 Å². The molecule has 1 fully saturated rings. The van der Waals surface area contributed by atoms with Crippen LogP contribution < -0.4 is 10.6 Å². The Bertz CT molecular complexity index is 1260.